The minimum absolute atomic E-state index is 0.221. The molecule has 8 heteroatoms. The Hall–Kier alpha value is -3.55. The molecule has 0 aromatic heterocycles. The number of urea groups is 1. The Morgan fingerprint density at radius 3 is 2.41 bits per heavy atom. The summed E-state index contributed by atoms with van der Waals surface area (Å²) >= 11 is 0. The predicted octanol–water partition coefficient (Wildman–Crippen LogP) is 1.79. The lowest BCUT2D eigenvalue weighted by Gasteiger charge is -2.22. The monoisotopic (exact) mass is 397 g/mol. The van der Waals surface area contributed by atoms with Gasteiger partial charge in [-0.15, -0.1) is 0 Å². The van der Waals surface area contributed by atoms with Crippen LogP contribution in [0.25, 0.3) is 0 Å². The summed E-state index contributed by atoms with van der Waals surface area (Å²) in [7, 11) is 3.07. The van der Waals surface area contributed by atoms with Crippen LogP contribution in [-0.2, 0) is 21.7 Å². The Labute approximate surface area is 168 Å². The number of hydrogen-bond acceptors (Lipinski definition) is 5. The van der Waals surface area contributed by atoms with Gasteiger partial charge in [0.1, 0.15) is 12.1 Å². The number of imide groups is 1. The summed E-state index contributed by atoms with van der Waals surface area (Å²) in [6.45, 7) is 1.49. The normalized spacial score (nSPS) is 18.4. The molecule has 0 bridgehead atoms. The highest BCUT2D eigenvalue weighted by molar-refractivity contribution is 6.09. The zero-order chi connectivity index (χ0) is 21.0. The number of carbonyl (C=O) groups is 3. The molecule has 1 fully saturated rings. The van der Waals surface area contributed by atoms with Crippen LogP contribution < -0.4 is 20.1 Å². The largest absolute Gasteiger partial charge is 0.493 e. The average molecular weight is 397 g/mol. The van der Waals surface area contributed by atoms with Gasteiger partial charge in [0.15, 0.2) is 11.5 Å². The van der Waals surface area contributed by atoms with Crippen molar-refractivity contribution in [2.75, 3.05) is 20.8 Å². The average Bonchev–Trinajstić information content (AvgIpc) is 2.96. The zero-order valence-electron chi connectivity index (χ0n) is 16.5. The molecule has 1 saturated heterocycles. The quantitative estimate of drug-likeness (QED) is 0.695. The molecule has 1 unspecified atom stereocenters. The van der Waals surface area contributed by atoms with Gasteiger partial charge in [-0.3, -0.25) is 14.5 Å². The van der Waals surface area contributed by atoms with E-state index in [0.717, 1.165) is 10.5 Å². The molecule has 1 aliphatic heterocycles. The van der Waals surface area contributed by atoms with Crippen molar-refractivity contribution in [3.05, 3.63) is 59.7 Å². The summed E-state index contributed by atoms with van der Waals surface area (Å²) in [4.78, 5) is 38.4. The molecule has 2 aromatic rings. The third-order valence-corrected chi connectivity index (χ3v) is 4.87. The molecule has 3 rings (SSSR count). The van der Waals surface area contributed by atoms with Gasteiger partial charge in [0.25, 0.3) is 5.91 Å². The van der Waals surface area contributed by atoms with Crippen LogP contribution in [-0.4, -0.2) is 43.5 Å². The Bertz CT molecular complexity index is 931. The lowest BCUT2D eigenvalue weighted by atomic mass is 9.92. The molecule has 1 heterocycles. The van der Waals surface area contributed by atoms with Crippen molar-refractivity contribution in [3.63, 3.8) is 0 Å². The standard InChI is InChI=1S/C21H23N3O5/c1-21(15-7-5-4-6-8-15)19(26)24(20(27)23-21)13-18(25)22-12-14-9-10-16(28-2)17(11-14)29-3/h4-11H,12-13H2,1-3H3,(H,22,25)(H,23,27). The van der Waals surface area contributed by atoms with Crippen molar-refractivity contribution < 1.29 is 23.9 Å². The fourth-order valence-corrected chi connectivity index (χ4v) is 3.20. The fraction of sp³-hybridized carbons (Fsp3) is 0.286. The molecular weight excluding hydrogens is 374 g/mol. The van der Waals surface area contributed by atoms with Gasteiger partial charge in [-0.05, 0) is 30.2 Å². The van der Waals surface area contributed by atoms with Gasteiger partial charge in [0, 0.05) is 6.54 Å². The Kier molecular flexibility index (Phi) is 5.72. The molecule has 1 aliphatic rings. The number of ether oxygens (including phenoxy) is 2. The molecule has 0 spiro atoms. The van der Waals surface area contributed by atoms with Crippen molar-refractivity contribution in [1.29, 1.82) is 0 Å². The van der Waals surface area contributed by atoms with Gasteiger partial charge in [0.2, 0.25) is 5.91 Å². The first-order valence-electron chi connectivity index (χ1n) is 9.06. The summed E-state index contributed by atoms with van der Waals surface area (Å²) in [6, 6.07) is 13.6. The minimum atomic E-state index is -1.19. The van der Waals surface area contributed by atoms with E-state index in [2.05, 4.69) is 10.6 Å². The van der Waals surface area contributed by atoms with E-state index >= 15 is 0 Å². The predicted molar refractivity (Wildman–Crippen MR) is 105 cm³/mol. The first kappa shape index (κ1) is 20.2. The van der Waals surface area contributed by atoms with E-state index < -0.39 is 23.4 Å². The first-order chi connectivity index (χ1) is 13.9. The first-order valence-corrected chi connectivity index (χ1v) is 9.06. The maximum Gasteiger partial charge on any atom is 0.325 e. The van der Waals surface area contributed by atoms with E-state index in [4.69, 9.17) is 9.47 Å². The van der Waals surface area contributed by atoms with Crippen LogP contribution in [0.15, 0.2) is 48.5 Å². The second-order valence-electron chi connectivity index (χ2n) is 6.78. The van der Waals surface area contributed by atoms with Crippen LogP contribution in [0.4, 0.5) is 4.79 Å². The molecule has 0 saturated carbocycles. The summed E-state index contributed by atoms with van der Waals surface area (Å²) < 4.78 is 10.4. The Balaban J connectivity index is 1.64. The molecule has 4 amide bonds. The molecule has 0 aliphatic carbocycles. The summed E-state index contributed by atoms with van der Waals surface area (Å²) in [5.74, 6) is 0.227. The van der Waals surface area contributed by atoms with E-state index in [0.29, 0.717) is 17.1 Å². The van der Waals surface area contributed by atoms with Gasteiger partial charge >= 0.3 is 6.03 Å². The van der Waals surface area contributed by atoms with Crippen LogP contribution in [0.5, 0.6) is 11.5 Å². The van der Waals surface area contributed by atoms with E-state index in [1.54, 1.807) is 56.5 Å². The number of carbonyl (C=O) groups excluding carboxylic acids is 3. The summed E-state index contributed by atoms with van der Waals surface area (Å²) in [6.07, 6.45) is 0. The molecule has 29 heavy (non-hydrogen) atoms. The van der Waals surface area contributed by atoms with E-state index in [9.17, 15) is 14.4 Å². The number of hydrogen-bond donors (Lipinski definition) is 2. The zero-order valence-corrected chi connectivity index (χ0v) is 16.5. The number of rotatable bonds is 7. The van der Waals surface area contributed by atoms with Crippen LogP contribution in [0.2, 0.25) is 0 Å². The second kappa shape index (κ2) is 8.22. The van der Waals surface area contributed by atoms with Gasteiger partial charge in [-0.2, -0.15) is 0 Å². The van der Waals surface area contributed by atoms with E-state index in [1.807, 2.05) is 6.07 Å². The van der Waals surface area contributed by atoms with Crippen molar-refractivity contribution in [2.45, 2.75) is 19.0 Å². The maximum absolute atomic E-state index is 12.8. The smallest absolute Gasteiger partial charge is 0.325 e. The van der Waals surface area contributed by atoms with Crippen LogP contribution in [0.1, 0.15) is 18.1 Å². The van der Waals surface area contributed by atoms with Gasteiger partial charge in [0.05, 0.1) is 14.2 Å². The number of methoxy groups -OCH3 is 2. The van der Waals surface area contributed by atoms with E-state index in [1.165, 1.54) is 7.11 Å². The Morgan fingerprint density at radius 2 is 1.76 bits per heavy atom. The molecule has 2 N–H and O–H groups in total. The number of nitrogens with one attached hydrogen (secondary N) is 2. The molecule has 8 nitrogen and oxygen atoms in total. The highest BCUT2D eigenvalue weighted by Crippen LogP contribution is 2.29. The van der Waals surface area contributed by atoms with Gasteiger partial charge in [-0.1, -0.05) is 36.4 Å². The van der Waals surface area contributed by atoms with Crippen molar-refractivity contribution in [1.82, 2.24) is 15.5 Å². The second-order valence-corrected chi connectivity index (χ2v) is 6.78. The number of amides is 4. The number of nitrogens with zero attached hydrogens (tertiary/aromatic N) is 1. The molecule has 1 atom stereocenters. The van der Waals surface area contributed by atoms with Crippen molar-refractivity contribution in [2.24, 2.45) is 0 Å². The minimum Gasteiger partial charge on any atom is -0.493 e. The lowest BCUT2D eigenvalue weighted by molar-refractivity contribution is -0.134. The third-order valence-electron chi connectivity index (χ3n) is 4.87. The molecular formula is C21H23N3O5. The van der Waals surface area contributed by atoms with Crippen LogP contribution in [0, 0.1) is 0 Å². The van der Waals surface area contributed by atoms with Gasteiger partial charge in [-0.25, -0.2) is 4.79 Å². The third kappa shape index (κ3) is 4.01. The summed E-state index contributed by atoms with van der Waals surface area (Å²) in [5, 5.41) is 5.39. The van der Waals surface area contributed by atoms with Crippen LogP contribution in [0.3, 0.4) is 0 Å². The van der Waals surface area contributed by atoms with Crippen molar-refractivity contribution >= 4 is 17.8 Å². The number of benzene rings is 2. The van der Waals surface area contributed by atoms with Crippen molar-refractivity contribution in [3.8, 4) is 11.5 Å². The Morgan fingerprint density at radius 1 is 1.07 bits per heavy atom. The highest BCUT2D eigenvalue weighted by atomic mass is 16.5. The van der Waals surface area contributed by atoms with Crippen LogP contribution >= 0.6 is 0 Å². The highest BCUT2D eigenvalue weighted by Gasteiger charge is 2.49. The maximum atomic E-state index is 12.8. The lowest BCUT2D eigenvalue weighted by Crippen LogP contribution is -2.43. The fourth-order valence-electron chi connectivity index (χ4n) is 3.20. The molecule has 152 valence electrons. The topological polar surface area (TPSA) is 97.0 Å². The molecule has 2 aromatic carbocycles. The molecule has 0 radical (unpaired) electrons. The summed E-state index contributed by atoms with van der Waals surface area (Å²) in [5.41, 5.74) is 0.260. The van der Waals surface area contributed by atoms with Gasteiger partial charge < -0.3 is 20.1 Å². The SMILES string of the molecule is COc1ccc(CNC(=O)CN2C(=O)NC(C)(c3ccccc3)C2=O)cc1OC. The van der Waals surface area contributed by atoms with E-state index in [-0.39, 0.29) is 13.1 Å².